The fraction of sp³-hybridized carbons (Fsp3) is 0.577. The van der Waals surface area contributed by atoms with Gasteiger partial charge in [-0.3, -0.25) is 4.79 Å². The molecule has 0 saturated heterocycles. The molecule has 4 rings (SSSR count). The molecule has 0 radical (unpaired) electrons. The Morgan fingerprint density at radius 3 is 2.81 bits per heavy atom. The topological polar surface area (TPSA) is 44.8 Å². The Kier molecular flexibility index (Phi) is 5.67. The van der Waals surface area contributed by atoms with Crippen LogP contribution in [0.2, 0.25) is 0 Å². The maximum atomic E-state index is 13.2. The van der Waals surface area contributed by atoms with Crippen LogP contribution >= 0.6 is 0 Å². The van der Waals surface area contributed by atoms with E-state index in [0.29, 0.717) is 18.1 Å². The summed E-state index contributed by atoms with van der Waals surface area (Å²) in [5.74, 6) is 2.62. The second-order valence-electron chi connectivity index (χ2n) is 10.5. The van der Waals surface area contributed by atoms with Crippen LogP contribution in [0.25, 0.3) is 0 Å². The summed E-state index contributed by atoms with van der Waals surface area (Å²) in [6, 6.07) is 2.09. The minimum absolute atomic E-state index is 0.0151. The maximum Gasteiger partial charge on any atom is 0.231 e. The highest BCUT2D eigenvalue weighted by molar-refractivity contribution is 5.90. The molecule has 0 unspecified atom stereocenters. The van der Waals surface area contributed by atoms with E-state index in [0.717, 1.165) is 47.4 Å². The van der Waals surface area contributed by atoms with E-state index < -0.39 is 0 Å². The largest absolute Gasteiger partial charge is 0.492 e. The summed E-state index contributed by atoms with van der Waals surface area (Å²) in [7, 11) is 6.07. The van der Waals surface area contributed by atoms with E-state index in [1.807, 2.05) is 6.08 Å². The molecule has 5 nitrogen and oxygen atoms in total. The van der Waals surface area contributed by atoms with Crippen LogP contribution in [0.5, 0.6) is 17.2 Å². The molecule has 2 atom stereocenters. The lowest BCUT2D eigenvalue weighted by atomic mass is 9.68. The Bertz CT molecular complexity index is 941. The first-order valence-corrected chi connectivity index (χ1v) is 11.3. The lowest BCUT2D eigenvalue weighted by molar-refractivity contribution is -0.922. The van der Waals surface area contributed by atoms with Gasteiger partial charge in [-0.15, -0.1) is 0 Å². The predicted octanol–water partition coefficient (Wildman–Crippen LogP) is 5.00. The minimum atomic E-state index is 0.0151. The molecule has 2 heterocycles. The zero-order valence-corrected chi connectivity index (χ0v) is 19.8. The SMILES string of the molecule is COc1c2c(cc3c1[C@H](CC(=O)/C=C/[C@@H]1C(C)=CCCC1(C)C)[N+](C)(C)CC3)OCO2. The van der Waals surface area contributed by atoms with Gasteiger partial charge in [0.1, 0.15) is 6.04 Å². The number of carbonyl (C=O) groups is 1. The average Bonchev–Trinajstić information content (AvgIpc) is 3.16. The zero-order chi connectivity index (χ0) is 22.4. The van der Waals surface area contributed by atoms with Gasteiger partial charge in [0.05, 0.1) is 39.7 Å². The highest BCUT2D eigenvalue weighted by Gasteiger charge is 2.42. The van der Waals surface area contributed by atoms with Gasteiger partial charge in [0.15, 0.2) is 17.3 Å². The number of nitrogens with zero attached hydrogens (tertiary/aromatic N) is 1. The summed E-state index contributed by atoms with van der Waals surface area (Å²) < 4.78 is 17.9. The van der Waals surface area contributed by atoms with Crippen molar-refractivity contribution in [2.45, 2.75) is 52.5 Å². The fourth-order valence-corrected chi connectivity index (χ4v) is 5.56. The van der Waals surface area contributed by atoms with Crippen molar-refractivity contribution in [2.75, 3.05) is 34.5 Å². The second-order valence-corrected chi connectivity index (χ2v) is 10.5. The van der Waals surface area contributed by atoms with Crippen LogP contribution in [0.1, 0.15) is 57.2 Å². The second kappa shape index (κ2) is 8.01. The Hall–Kier alpha value is -2.27. The first-order valence-electron chi connectivity index (χ1n) is 11.3. The molecule has 168 valence electrons. The number of ether oxygens (including phenoxy) is 3. The molecule has 2 aliphatic heterocycles. The maximum absolute atomic E-state index is 13.2. The van der Waals surface area contributed by atoms with Crippen molar-refractivity contribution in [3.63, 3.8) is 0 Å². The van der Waals surface area contributed by atoms with Crippen LogP contribution in [0, 0.1) is 11.3 Å². The van der Waals surface area contributed by atoms with E-state index >= 15 is 0 Å². The number of benzene rings is 1. The summed E-state index contributed by atoms with van der Waals surface area (Å²) in [4.78, 5) is 13.2. The number of allylic oxidation sites excluding steroid dienone is 4. The number of quaternary nitrogens is 1. The van der Waals surface area contributed by atoms with Crippen LogP contribution in [-0.2, 0) is 11.2 Å². The molecule has 0 amide bonds. The van der Waals surface area contributed by atoms with Gasteiger partial charge in [-0.1, -0.05) is 31.6 Å². The lowest BCUT2D eigenvalue weighted by Crippen LogP contribution is -2.48. The molecule has 0 N–H and O–H groups in total. The minimum Gasteiger partial charge on any atom is -0.492 e. The molecule has 1 aromatic carbocycles. The molecular formula is C26H36NO4+. The number of rotatable bonds is 5. The van der Waals surface area contributed by atoms with Crippen LogP contribution in [-0.4, -0.2) is 44.8 Å². The Morgan fingerprint density at radius 2 is 2.10 bits per heavy atom. The van der Waals surface area contributed by atoms with Crippen molar-refractivity contribution in [1.29, 1.82) is 0 Å². The van der Waals surface area contributed by atoms with Gasteiger partial charge in [0, 0.05) is 12.3 Å². The Morgan fingerprint density at radius 1 is 1.32 bits per heavy atom. The van der Waals surface area contributed by atoms with Gasteiger partial charge in [-0.05, 0) is 42.9 Å². The van der Waals surface area contributed by atoms with Gasteiger partial charge in [0.25, 0.3) is 0 Å². The van der Waals surface area contributed by atoms with E-state index in [1.165, 1.54) is 11.1 Å². The van der Waals surface area contributed by atoms with E-state index in [1.54, 1.807) is 7.11 Å². The van der Waals surface area contributed by atoms with E-state index in [4.69, 9.17) is 14.2 Å². The van der Waals surface area contributed by atoms with E-state index in [9.17, 15) is 4.79 Å². The lowest BCUT2D eigenvalue weighted by Gasteiger charge is -2.43. The van der Waals surface area contributed by atoms with Gasteiger partial charge in [-0.2, -0.15) is 0 Å². The number of methoxy groups -OCH3 is 1. The third-order valence-electron chi connectivity index (χ3n) is 7.54. The normalized spacial score (nSPS) is 25.8. The number of carbonyl (C=O) groups excluding carboxylic acids is 1. The van der Waals surface area contributed by atoms with Crippen LogP contribution in [0.3, 0.4) is 0 Å². The molecule has 5 heteroatoms. The third kappa shape index (κ3) is 4.00. The molecule has 0 saturated carbocycles. The molecule has 0 spiro atoms. The molecule has 3 aliphatic rings. The van der Waals surface area contributed by atoms with E-state index in [-0.39, 0.29) is 24.0 Å². The number of ketones is 1. The molecule has 31 heavy (non-hydrogen) atoms. The fourth-order valence-electron chi connectivity index (χ4n) is 5.56. The number of fused-ring (bicyclic) bond motifs is 2. The van der Waals surface area contributed by atoms with Crippen molar-refractivity contribution in [3.8, 4) is 17.2 Å². The van der Waals surface area contributed by atoms with Gasteiger partial charge in [-0.25, -0.2) is 0 Å². The number of hydrogen-bond acceptors (Lipinski definition) is 4. The molecule has 1 aliphatic carbocycles. The summed E-state index contributed by atoms with van der Waals surface area (Å²) in [6.45, 7) is 7.96. The summed E-state index contributed by atoms with van der Waals surface area (Å²) in [6.07, 6.45) is 9.92. The molecule has 0 aromatic heterocycles. The molecule has 0 fully saturated rings. The monoisotopic (exact) mass is 426 g/mol. The van der Waals surface area contributed by atoms with Crippen molar-refractivity contribution in [3.05, 3.63) is 41.0 Å². The zero-order valence-electron chi connectivity index (χ0n) is 19.8. The summed E-state index contributed by atoms with van der Waals surface area (Å²) >= 11 is 0. The summed E-state index contributed by atoms with van der Waals surface area (Å²) in [5.41, 5.74) is 3.85. The van der Waals surface area contributed by atoms with Crippen molar-refractivity contribution in [1.82, 2.24) is 0 Å². The number of likely N-dealkylation sites (N-methyl/N-ethyl adjacent to an activating group) is 1. The van der Waals surface area contributed by atoms with Gasteiger partial charge in [0.2, 0.25) is 12.5 Å². The third-order valence-corrected chi connectivity index (χ3v) is 7.54. The number of hydrogen-bond donors (Lipinski definition) is 0. The highest BCUT2D eigenvalue weighted by atomic mass is 16.7. The molecular weight excluding hydrogens is 390 g/mol. The van der Waals surface area contributed by atoms with Crippen molar-refractivity contribution >= 4 is 5.78 Å². The standard InChI is InChI=1S/C26H36NO4/c1-17-8-7-12-26(2,3)20(17)10-9-19(28)15-21-23-18(11-13-27(21,4)5)14-22-24(25(23)29-6)31-16-30-22/h8-10,14,20-21H,7,11-13,15-16H2,1-6H3/q+1/b10-9+/t20-,21+/m1/s1. The van der Waals surface area contributed by atoms with Crippen LogP contribution in [0.15, 0.2) is 29.9 Å². The quantitative estimate of drug-likeness (QED) is 0.378. The van der Waals surface area contributed by atoms with Crippen LogP contribution < -0.4 is 14.2 Å². The average molecular weight is 427 g/mol. The molecule has 1 aromatic rings. The van der Waals surface area contributed by atoms with Gasteiger partial charge < -0.3 is 18.7 Å². The molecule has 0 bridgehead atoms. The smallest absolute Gasteiger partial charge is 0.231 e. The Balaban J connectivity index is 1.63. The predicted molar refractivity (Wildman–Crippen MR) is 122 cm³/mol. The van der Waals surface area contributed by atoms with Gasteiger partial charge >= 0.3 is 0 Å². The van der Waals surface area contributed by atoms with E-state index in [2.05, 4.69) is 53.1 Å². The first kappa shape index (κ1) is 21.9. The summed E-state index contributed by atoms with van der Waals surface area (Å²) in [5, 5.41) is 0. The van der Waals surface area contributed by atoms with Crippen molar-refractivity contribution < 1.29 is 23.5 Å². The van der Waals surface area contributed by atoms with Crippen molar-refractivity contribution in [2.24, 2.45) is 11.3 Å². The Labute approximate surface area is 186 Å². The van der Waals surface area contributed by atoms with Crippen LogP contribution in [0.4, 0.5) is 0 Å². The first-order chi connectivity index (χ1) is 14.6. The highest BCUT2D eigenvalue weighted by Crippen LogP contribution is 2.51.